The highest BCUT2D eigenvalue weighted by Crippen LogP contribution is 2.17. The highest BCUT2D eigenvalue weighted by Gasteiger charge is 2.20. The van der Waals surface area contributed by atoms with Gasteiger partial charge in [0.25, 0.3) is 0 Å². The molecule has 0 radical (unpaired) electrons. The van der Waals surface area contributed by atoms with Gasteiger partial charge < -0.3 is 15.0 Å². The molecule has 7 nitrogen and oxygen atoms in total. The Balaban J connectivity index is 1.60. The normalized spacial score (nSPS) is 15.5. The zero-order valence-electron chi connectivity index (χ0n) is 13.6. The summed E-state index contributed by atoms with van der Waals surface area (Å²) in [4.78, 5) is 17.7. The zero-order valence-corrected chi connectivity index (χ0v) is 13.6. The number of pyridine rings is 1. The fourth-order valence-electron chi connectivity index (χ4n) is 2.74. The summed E-state index contributed by atoms with van der Waals surface area (Å²) in [7, 11) is 3.53. The summed E-state index contributed by atoms with van der Waals surface area (Å²) in [6.07, 6.45) is 3.55. The van der Waals surface area contributed by atoms with Crippen molar-refractivity contribution in [3.63, 3.8) is 0 Å². The van der Waals surface area contributed by atoms with Gasteiger partial charge >= 0.3 is 0 Å². The maximum Gasteiger partial charge on any atom is 0.228 e. The van der Waals surface area contributed by atoms with Crippen molar-refractivity contribution in [1.82, 2.24) is 19.9 Å². The van der Waals surface area contributed by atoms with Crippen LogP contribution in [0.5, 0.6) is 5.88 Å². The molecule has 0 aromatic carbocycles. The number of piperazine rings is 1. The van der Waals surface area contributed by atoms with E-state index in [-0.39, 0.29) is 0 Å². The molecule has 3 rings (SSSR count). The van der Waals surface area contributed by atoms with Crippen molar-refractivity contribution in [2.45, 2.75) is 6.54 Å². The number of methoxy groups -OCH3 is 1. The molecule has 0 saturated carbocycles. The standard InChI is InChI=1S/C16H22N6O/c1-17-15-13(4-3-6-18-15)12-21-8-10-22(11-9-21)16-19-7-5-14(20-16)23-2/h3-7H,8-12H2,1-2H3,(H,17,18). The Morgan fingerprint density at radius 2 is 1.96 bits per heavy atom. The van der Waals surface area contributed by atoms with E-state index in [2.05, 4.69) is 36.1 Å². The van der Waals surface area contributed by atoms with Gasteiger partial charge in [-0.25, -0.2) is 9.97 Å². The van der Waals surface area contributed by atoms with Crippen molar-refractivity contribution in [2.75, 3.05) is 50.6 Å². The van der Waals surface area contributed by atoms with E-state index in [4.69, 9.17) is 4.74 Å². The van der Waals surface area contributed by atoms with Gasteiger partial charge in [-0.15, -0.1) is 0 Å². The molecular formula is C16H22N6O. The molecule has 1 saturated heterocycles. The Morgan fingerprint density at radius 1 is 1.13 bits per heavy atom. The monoisotopic (exact) mass is 314 g/mol. The average molecular weight is 314 g/mol. The Hall–Kier alpha value is -2.41. The minimum absolute atomic E-state index is 0.603. The van der Waals surface area contributed by atoms with Crippen molar-refractivity contribution in [1.29, 1.82) is 0 Å². The molecule has 1 aliphatic heterocycles. The highest BCUT2D eigenvalue weighted by molar-refractivity contribution is 5.43. The van der Waals surface area contributed by atoms with Gasteiger partial charge in [-0.1, -0.05) is 6.07 Å². The maximum atomic E-state index is 5.17. The van der Waals surface area contributed by atoms with Gasteiger partial charge in [0.1, 0.15) is 5.82 Å². The molecule has 1 fully saturated rings. The summed E-state index contributed by atoms with van der Waals surface area (Å²) in [5.41, 5.74) is 1.22. The van der Waals surface area contributed by atoms with Gasteiger partial charge in [-0.3, -0.25) is 4.90 Å². The van der Waals surface area contributed by atoms with Crippen LogP contribution in [0.25, 0.3) is 0 Å². The van der Waals surface area contributed by atoms with E-state index in [0.29, 0.717) is 5.88 Å². The molecule has 1 aliphatic rings. The van der Waals surface area contributed by atoms with Gasteiger partial charge in [0, 0.05) is 63.8 Å². The Kier molecular flexibility index (Phi) is 4.87. The van der Waals surface area contributed by atoms with Crippen LogP contribution < -0.4 is 15.0 Å². The van der Waals surface area contributed by atoms with E-state index in [0.717, 1.165) is 44.5 Å². The lowest BCUT2D eigenvalue weighted by Gasteiger charge is -2.34. The van der Waals surface area contributed by atoms with Crippen LogP contribution in [-0.2, 0) is 6.54 Å². The van der Waals surface area contributed by atoms with E-state index >= 15 is 0 Å². The molecule has 122 valence electrons. The van der Waals surface area contributed by atoms with Gasteiger partial charge in [0.05, 0.1) is 7.11 Å². The third kappa shape index (κ3) is 3.68. The van der Waals surface area contributed by atoms with Crippen LogP contribution in [0.2, 0.25) is 0 Å². The first-order valence-corrected chi connectivity index (χ1v) is 7.76. The second-order valence-electron chi connectivity index (χ2n) is 5.42. The molecule has 0 unspecified atom stereocenters. The molecule has 0 bridgehead atoms. The Labute approximate surface area is 136 Å². The molecule has 0 amide bonds. The lowest BCUT2D eigenvalue weighted by Crippen LogP contribution is -2.46. The smallest absolute Gasteiger partial charge is 0.228 e. The first-order valence-electron chi connectivity index (χ1n) is 7.76. The van der Waals surface area contributed by atoms with Gasteiger partial charge in [0.15, 0.2) is 0 Å². The van der Waals surface area contributed by atoms with Crippen molar-refractivity contribution >= 4 is 11.8 Å². The van der Waals surface area contributed by atoms with E-state index < -0.39 is 0 Å². The molecule has 1 N–H and O–H groups in total. The van der Waals surface area contributed by atoms with Crippen molar-refractivity contribution in [3.8, 4) is 5.88 Å². The molecule has 0 aliphatic carbocycles. The van der Waals surface area contributed by atoms with E-state index in [1.165, 1.54) is 5.56 Å². The summed E-state index contributed by atoms with van der Waals surface area (Å²) in [6, 6.07) is 5.87. The van der Waals surface area contributed by atoms with Crippen LogP contribution in [0.3, 0.4) is 0 Å². The van der Waals surface area contributed by atoms with Crippen LogP contribution in [0.4, 0.5) is 11.8 Å². The van der Waals surface area contributed by atoms with E-state index in [9.17, 15) is 0 Å². The second kappa shape index (κ2) is 7.23. The molecule has 0 atom stereocenters. The minimum Gasteiger partial charge on any atom is -0.481 e. The topological polar surface area (TPSA) is 66.4 Å². The predicted molar refractivity (Wildman–Crippen MR) is 89.9 cm³/mol. The number of rotatable bonds is 5. The SMILES string of the molecule is CNc1ncccc1CN1CCN(c2nccc(OC)n2)CC1. The molecular weight excluding hydrogens is 292 g/mol. The minimum atomic E-state index is 0.603. The number of nitrogens with zero attached hydrogens (tertiary/aromatic N) is 5. The summed E-state index contributed by atoms with van der Waals surface area (Å²) >= 11 is 0. The van der Waals surface area contributed by atoms with Crippen molar-refractivity contribution < 1.29 is 4.74 Å². The number of anilines is 2. The summed E-state index contributed by atoms with van der Waals surface area (Å²) in [5, 5.41) is 3.15. The van der Waals surface area contributed by atoms with Crippen LogP contribution in [-0.4, -0.2) is 60.2 Å². The van der Waals surface area contributed by atoms with Gasteiger partial charge in [-0.2, -0.15) is 4.98 Å². The summed E-state index contributed by atoms with van der Waals surface area (Å²) in [6.45, 7) is 4.65. The fourth-order valence-corrected chi connectivity index (χ4v) is 2.74. The maximum absolute atomic E-state index is 5.17. The molecule has 7 heteroatoms. The van der Waals surface area contributed by atoms with E-state index in [1.54, 1.807) is 19.4 Å². The third-order valence-corrected chi connectivity index (χ3v) is 4.00. The third-order valence-electron chi connectivity index (χ3n) is 4.00. The molecule has 0 spiro atoms. The number of aromatic nitrogens is 3. The van der Waals surface area contributed by atoms with Crippen LogP contribution >= 0.6 is 0 Å². The lowest BCUT2D eigenvalue weighted by atomic mass is 10.2. The molecule has 3 heterocycles. The number of hydrogen-bond donors (Lipinski definition) is 1. The highest BCUT2D eigenvalue weighted by atomic mass is 16.5. The van der Waals surface area contributed by atoms with Crippen LogP contribution in [0.15, 0.2) is 30.6 Å². The van der Waals surface area contributed by atoms with Crippen LogP contribution in [0, 0.1) is 0 Å². The number of nitrogens with one attached hydrogen (secondary N) is 1. The number of hydrogen-bond acceptors (Lipinski definition) is 7. The van der Waals surface area contributed by atoms with Gasteiger partial charge in [0.2, 0.25) is 11.8 Å². The predicted octanol–water partition coefficient (Wildman–Crippen LogP) is 1.24. The van der Waals surface area contributed by atoms with Gasteiger partial charge in [-0.05, 0) is 6.07 Å². The van der Waals surface area contributed by atoms with Crippen LogP contribution in [0.1, 0.15) is 5.56 Å². The average Bonchev–Trinajstić information content (AvgIpc) is 2.63. The lowest BCUT2D eigenvalue weighted by molar-refractivity contribution is 0.248. The number of ether oxygens (including phenoxy) is 1. The molecule has 2 aromatic rings. The fraction of sp³-hybridized carbons (Fsp3) is 0.438. The quantitative estimate of drug-likeness (QED) is 0.890. The summed E-state index contributed by atoms with van der Waals surface area (Å²) < 4.78 is 5.17. The second-order valence-corrected chi connectivity index (χ2v) is 5.42. The summed E-state index contributed by atoms with van der Waals surface area (Å²) in [5.74, 6) is 2.29. The largest absolute Gasteiger partial charge is 0.481 e. The Bertz CT molecular complexity index is 642. The first kappa shape index (κ1) is 15.5. The first-order chi connectivity index (χ1) is 11.3. The van der Waals surface area contributed by atoms with Crippen molar-refractivity contribution in [3.05, 3.63) is 36.2 Å². The van der Waals surface area contributed by atoms with Crippen molar-refractivity contribution in [2.24, 2.45) is 0 Å². The molecule has 23 heavy (non-hydrogen) atoms. The zero-order chi connectivity index (χ0) is 16.1. The molecule has 2 aromatic heterocycles. The Morgan fingerprint density at radius 3 is 2.70 bits per heavy atom. The van der Waals surface area contributed by atoms with E-state index in [1.807, 2.05) is 19.3 Å².